The molecule has 4 nitrogen and oxygen atoms in total. The highest BCUT2D eigenvalue weighted by molar-refractivity contribution is 14.1. The Morgan fingerprint density at radius 3 is 1.00 bits per heavy atom. The van der Waals surface area contributed by atoms with Crippen LogP contribution >= 0.6 is 186 Å². The van der Waals surface area contributed by atoms with Crippen molar-refractivity contribution in [2.24, 2.45) is 0 Å². The standard InChI is InChI=1S/C12H4N4.2C8H5IS6/c13-5-11(6-14)9-1-2-10(4-3-9)12(7-15)8-16;2*9-4-3-12-7(13-4)8-14-5-6(15-8)11-2-1-10-5/h1-4H;2*3H,1-2H2. The number of halogens is 2. The Morgan fingerprint density at radius 1 is 0.457 bits per heavy atom. The summed E-state index contributed by atoms with van der Waals surface area (Å²) in [5.74, 6) is 5.09. The van der Waals surface area contributed by atoms with Crippen molar-refractivity contribution in [2.45, 2.75) is 0 Å². The van der Waals surface area contributed by atoms with Gasteiger partial charge in [0.15, 0.2) is 0 Å². The molecule has 232 valence electrons. The molecule has 0 bridgehead atoms. The van der Waals surface area contributed by atoms with Crippen LogP contribution in [0, 0.1) is 45.3 Å². The van der Waals surface area contributed by atoms with Gasteiger partial charge in [-0.25, -0.2) is 0 Å². The zero-order valence-electron chi connectivity index (χ0n) is 22.7. The fourth-order valence-corrected chi connectivity index (χ4v) is 22.6. The zero-order chi connectivity index (χ0) is 32.5. The molecule has 0 aromatic heterocycles. The minimum Gasteiger partial charge on any atom is -0.192 e. The number of hydrogen-bond donors (Lipinski definition) is 0. The van der Waals surface area contributed by atoms with Gasteiger partial charge < -0.3 is 0 Å². The van der Waals surface area contributed by atoms with Crippen molar-refractivity contribution in [1.82, 2.24) is 0 Å². The van der Waals surface area contributed by atoms with Gasteiger partial charge in [-0.15, -0.1) is 47.0 Å². The van der Waals surface area contributed by atoms with Crippen molar-refractivity contribution in [2.75, 3.05) is 23.0 Å². The first-order chi connectivity index (χ1) is 22.4. The van der Waals surface area contributed by atoms with E-state index >= 15 is 0 Å². The highest BCUT2D eigenvalue weighted by atomic mass is 127. The van der Waals surface area contributed by atoms with Crippen LogP contribution in [0.2, 0.25) is 0 Å². The van der Waals surface area contributed by atoms with Crippen LogP contribution < -0.4 is 10.4 Å². The summed E-state index contributed by atoms with van der Waals surface area (Å²) in [6.07, 6.45) is 0. The number of hydrogen-bond acceptors (Lipinski definition) is 16. The van der Waals surface area contributed by atoms with Gasteiger partial charge in [-0.05, 0) is 56.0 Å². The molecular formula is C28H14I2N4S12. The topological polar surface area (TPSA) is 95.2 Å². The van der Waals surface area contributed by atoms with Crippen molar-refractivity contribution in [3.05, 3.63) is 85.2 Å². The van der Waals surface area contributed by atoms with E-state index in [1.54, 1.807) is 41.2 Å². The lowest BCUT2D eigenvalue weighted by atomic mass is 10.1. The van der Waals surface area contributed by atoms with Gasteiger partial charge in [-0.3, -0.25) is 0 Å². The largest absolute Gasteiger partial charge is 0.192 e. The predicted molar refractivity (Wildman–Crippen MR) is 238 cm³/mol. The Balaban J connectivity index is 0.000000136. The van der Waals surface area contributed by atoms with E-state index in [4.69, 9.17) is 21.0 Å². The summed E-state index contributed by atoms with van der Waals surface area (Å²) in [5, 5.41) is 40.0. The van der Waals surface area contributed by atoms with Gasteiger partial charge in [-0.2, -0.15) is 21.0 Å². The van der Waals surface area contributed by atoms with E-state index in [0.717, 1.165) is 0 Å². The minimum absolute atomic E-state index is 0.00187. The van der Waals surface area contributed by atoms with Crippen LogP contribution in [0.3, 0.4) is 0 Å². The van der Waals surface area contributed by atoms with Crippen molar-refractivity contribution in [3.8, 4) is 24.3 Å². The van der Waals surface area contributed by atoms with E-state index < -0.39 is 0 Å². The number of benzene rings is 1. The molecular weight excluding hydrogens is 1030 g/mol. The molecule has 1 aromatic rings. The summed E-state index contributed by atoms with van der Waals surface area (Å²) in [6, 6.07) is 13.2. The molecule has 1 aromatic carbocycles. The molecule has 6 heterocycles. The van der Waals surface area contributed by atoms with Crippen molar-refractivity contribution in [3.63, 3.8) is 0 Å². The molecule has 0 aliphatic carbocycles. The smallest absolute Gasteiger partial charge is 0.136 e. The second kappa shape index (κ2) is 19.6. The molecule has 18 heteroatoms. The molecule has 0 fully saturated rings. The third-order valence-electron chi connectivity index (χ3n) is 5.31. The Hall–Kier alpha value is 1.02. The molecule has 0 saturated carbocycles. The van der Waals surface area contributed by atoms with E-state index in [1.165, 1.54) is 70.0 Å². The van der Waals surface area contributed by atoms with Crippen LogP contribution in [0.4, 0.5) is 0 Å². The van der Waals surface area contributed by atoms with E-state index in [9.17, 15) is 0 Å². The van der Waals surface area contributed by atoms with Crippen LogP contribution in [0.5, 0.6) is 0 Å². The molecule has 6 aliphatic rings. The summed E-state index contributed by atoms with van der Waals surface area (Å²) in [7, 11) is 0. The van der Waals surface area contributed by atoms with Crippen molar-refractivity contribution >= 4 is 197 Å². The number of nitriles is 4. The molecule has 46 heavy (non-hydrogen) atoms. The fourth-order valence-electron chi connectivity index (χ4n) is 3.37. The lowest BCUT2D eigenvalue weighted by Gasteiger charge is -2.08. The Bertz CT molecular complexity index is 1700. The first kappa shape index (κ1) is 38.3. The van der Waals surface area contributed by atoms with Gasteiger partial charge in [0.05, 0.1) is 39.7 Å². The molecule has 6 aliphatic heterocycles. The third-order valence-corrected chi connectivity index (χ3v) is 25.0. The average Bonchev–Trinajstić information content (AvgIpc) is 3.89. The summed E-state index contributed by atoms with van der Waals surface area (Å²) in [4.78, 5) is 0. The Morgan fingerprint density at radius 2 is 0.761 bits per heavy atom. The Kier molecular flexibility index (Phi) is 16.3. The highest BCUT2D eigenvalue weighted by Crippen LogP contribution is 2.65. The van der Waals surface area contributed by atoms with Gasteiger partial charge in [0.25, 0.3) is 0 Å². The number of nitrogens with zero attached hydrogens (tertiary/aromatic N) is 4. The molecule has 0 amide bonds. The SMILES string of the molecule is IC1=CSC(=C2SC3=C(SCCS3)S2)S1.IC1=CSC(=C2SC3=C(SCCS3)S2)S1.N#CC(C#N)=c1ccc(=C(C#N)C#N)cc1. The van der Waals surface area contributed by atoms with E-state index in [2.05, 4.69) is 56.0 Å². The molecule has 7 rings (SSSR count). The average molecular weight is 1050 g/mol. The quantitative estimate of drug-likeness (QED) is 0.231. The van der Waals surface area contributed by atoms with E-state index in [-0.39, 0.29) is 11.1 Å². The van der Waals surface area contributed by atoms with Gasteiger partial charge >= 0.3 is 0 Å². The lowest BCUT2D eigenvalue weighted by Crippen LogP contribution is -2.11. The van der Waals surface area contributed by atoms with Gasteiger partial charge in [-0.1, -0.05) is 118 Å². The number of thioether (sulfide) groups is 12. The molecule has 0 spiro atoms. The first-order valence-corrected chi connectivity index (χ1v) is 25.2. The summed E-state index contributed by atoms with van der Waals surface area (Å²) >= 11 is 28.4. The minimum atomic E-state index is 0.00187. The predicted octanol–water partition coefficient (Wildman–Crippen LogP) is 11.9. The maximum Gasteiger partial charge on any atom is 0.136 e. The van der Waals surface area contributed by atoms with Crippen molar-refractivity contribution in [1.29, 1.82) is 21.0 Å². The zero-order valence-corrected chi connectivity index (χ0v) is 36.8. The second-order valence-electron chi connectivity index (χ2n) is 8.16. The van der Waals surface area contributed by atoms with Gasteiger partial charge in [0.1, 0.15) is 35.4 Å². The highest BCUT2D eigenvalue weighted by Gasteiger charge is 2.30. The molecule has 0 N–H and O–H groups in total. The summed E-state index contributed by atoms with van der Waals surface area (Å²) in [6.45, 7) is 0. The van der Waals surface area contributed by atoms with Crippen LogP contribution in [0.1, 0.15) is 0 Å². The molecule has 0 unspecified atom stereocenters. The maximum absolute atomic E-state index is 8.63. The normalized spacial score (nSPS) is 19.7. The van der Waals surface area contributed by atoms with Crippen LogP contribution in [-0.4, -0.2) is 23.0 Å². The van der Waals surface area contributed by atoms with Crippen molar-refractivity contribution < 1.29 is 0 Å². The fraction of sp³-hybridized carbons (Fsp3) is 0.143. The van der Waals surface area contributed by atoms with Gasteiger partial charge in [0, 0.05) is 33.4 Å². The first-order valence-electron chi connectivity index (χ1n) is 12.5. The van der Waals surface area contributed by atoms with Crippen LogP contribution in [0.15, 0.2) is 74.8 Å². The molecule has 0 radical (unpaired) electrons. The molecule has 0 atom stereocenters. The molecule has 0 saturated heterocycles. The van der Waals surface area contributed by atoms with Crippen LogP contribution in [-0.2, 0) is 0 Å². The monoisotopic (exact) mass is 1040 g/mol. The lowest BCUT2D eigenvalue weighted by molar-refractivity contribution is 1.46. The van der Waals surface area contributed by atoms with E-state index in [1.807, 2.05) is 141 Å². The maximum atomic E-state index is 8.63. The number of rotatable bonds is 0. The summed E-state index contributed by atoms with van der Waals surface area (Å²) < 4.78 is 14.9. The second-order valence-corrected chi connectivity index (χ2v) is 26.4. The summed E-state index contributed by atoms with van der Waals surface area (Å²) in [5.41, 5.74) is 0.00373. The van der Waals surface area contributed by atoms with E-state index in [0.29, 0.717) is 10.4 Å². The van der Waals surface area contributed by atoms with Gasteiger partial charge in [0.2, 0.25) is 0 Å². The Labute approximate surface area is 345 Å². The third kappa shape index (κ3) is 10.5. The van der Waals surface area contributed by atoms with Crippen LogP contribution in [0.25, 0.3) is 11.1 Å².